The van der Waals surface area contributed by atoms with E-state index in [1.807, 2.05) is 6.20 Å². The van der Waals surface area contributed by atoms with Gasteiger partial charge in [-0.05, 0) is 31.9 Å². The third-order valence-corrected chi connectivity index (χ3v) is 4.08. The Labute approximate surface area is 110 Å². The Kier molecular flexibility index (Phi) is 4.33. The van der Waals surface area contributed by atoms with Gasteiger partial charge in [-0.2, -0.15) is 0 Å². The molecular formula is C15H25N3. The molecule has 3 nitrogen and oxygen atoms in total. The number of rotatable bonds is 4. The van der Waals surface area contributed by atoms with Crippen LogP contribution in [0.3, 0.4) is 0 Å². The van der Waals surface area contributed by atoms with Gasteiger partial charge in [0.05, 0.1) is 0 Å². The minimum Gasteiger partial charge on any atom is -0.330 e. The van der Waals surface area contributed by atoms with E-state index in [4.69, 9.17) is 10.7 Å². The molecule has 0 bridgehead atoms. The predicted molar refractivity (Wildman–Crippen MR) is 74.6 cm³/mol. The topological polar surface area (TPSA) is 51.8 Å². The van der Waals surface area contributed by atoms with Gasteiger partial charge in [0.1, 0.15) is 5.82 Å². The SMILES string of the molecule is CC(C)(CCN)c1nccc(C2CCCCC2)n1. The van der Waals surface area contributed by atoms with Crippen LogP contribution in [0, 0.1) is 0 Å². The summed E-state index contributed by atoms with van der Waals surface area (Å²) in [6.45, 7) is 5.05. The van der Waals surface area contributed by atoms with Gasteiger partial charge >= 0.3 is 0 Å². The van der Waals surface area contributed by atoms with Crippen molar-refractivity contribution in [1.29, 1.82) is 0 Å². The van der Waals surface area contributed by atoms with E-state index < -0.39 is 0 Å². The molecule has 0 spiro atoms. The summed E-state index contributed by atoms with van der Waals surface area (Å²) in [4.78, 5) is 9.28. The quantitative estimate of drug-likeness (QED) is 0.889. The van der Waals surface area contributed by atoms with E-state index in [1.165, 1.54) is 37.8 Å². The van der Waals surface area contributed by atoms with Crippen molar-refractivity contribution in [3.8, 4) is 0 Å². The van der Waals surface area contributed by atoms with Crippen LogP contribution in [0.4, 0.5) is 0 Å². The number of hydrogen-bond acceptors (Lipinski definition) is 3. The maximum atomic E-state index is 5.68. The van der Waals surface area contributed by atoms with Crippen LogP contribution in [-0.2, 0) is 5.41 Å². The van der Waals surface area contributed by atoms with Crippen LogP contribution in [-0.4, -0.2) is 16.5 Å². The fourth-order valence-corrected chi connectivity index (χ4v) is 2.80. The van der Waals surface area contributed by atoms with Crippen molar-refractivity contribution in [3.05, 3.63) is 23.8 Å². The number of hydrogen-bond donors (Lipinski definition) is 1. The third kappa shape index (κ3) is 3.08. The van der Waals surface area contributed by atoms with E-state index in [9.17, 15) is 0 Å². The van der Waals surface area contributed by atoms with Crippen molar-refractivity contribution < 1.29 is 0 Å². The van der Waals surface area contributed by atoms with E-state index in [2.05, 4.69) is 24.9 Å². The summed E-state index contributed by atoms with van der Waals surface area (Å²) < 4.78 is 0. The highest BCUT2D eigenvalue weighted by atomic mass is 14.9. The van der Waals surface area contributed by atoms with Gasteiger partial charge in [-0.3, -0.25) is 0 Å². The van der Waals surface area contributed by atoms with Crippen molar-refractivity contribution in [3.63, 3.8) is 0 Å². The second-order valence-electron chi connectivity index (χ2n) is 6.06. The highest BCUT2D eigenvalue weighted by Gasteiger charge is 2.25. The standard InChI is InChI=1S/C15H25N3/c1-15(2,9-10-16)14-17-11-8-13(18-14)12-6-4-3-5-7-12/h8,11-12H,3-7,9-10,16H2,1-2H3. The highest BCUT2D eigenvalue weighted by Crippen LogP contribution is 2.32. The van der Waals surface area contributed by atoms with Crippen molar-refractivity contribution in [2.45, 2.75) is 63.7 Å². The molecule has 1 heterocycles. The zero-order valence-corrected chi connectivity index (χ0v) is 11.7. The lowest BCUT2D eigenvalue weighted by molar-refractivity contribution is 0.422. The Balaban J connectivity index is 2.18. The minimum absolute atomic E-state index is 0.0145. The van der Waals surface area contributed by atoms with Gasteiger partial charge in [0, 0.05) is 23.2 Å². The van der Waals surface area contributed by atoms with Crippen molar-refractivity contribution in [1.82, 2.24) is 9.97 Å². The minimum atomic E-state index is -0.0145. The molecule has 0 atom stereocenters. The fraction of sp³-hybridized carbons (Fsp3) is 0.733. The van der Waals surface area contributed by atoms with Crippen LogP contribution in [0.25, 0.3) is 0 Å². The smallest absolute Gasteiger partial charge is 0.134 e. The van der Waals surface area contributed by atoms with Gasteiger partial charge in [0.25, 0.3) is 0 Å². The lowest BCUT2D eigenvalue weighted by Gasteiger charge is -2.25. The summed E-state index contributed by atoms with van der Waals surface area (Å²) in [5.74, 6) is 1.60. The Bertz CT molecular complexity index is 381. The molecule has 0 unspecified atom stereocenters. The average Bonchev–Trinajstić information content (AvgIpc) is 2.40. The second kappa shape index (κ2) is 5.79. The van der Waals surface area contributed by atoms with Crippen molar-refractivity contribution in [2.24, 2.45) is 5.73 Å². The molecule has 2 N–H and O–H groups in total. The number of aromatic nitrogens is 2. The molecular weight excluding hydrogens is 222 g/mol. The maximum Gasteiger partial charge on any atom is 0.134 e. The number of nitrogens with two attached hydrogens (primary N) is 1. The molecule has 3 heteroatoms. The van der Waals surface area contributed by atoms with E-state index in [-0.39, 0.29) is 5.41 Å². The van der Waals surface area contributed by atoms with Crippen LogP contribution in [0.2, 0.25) is 0 Å². The zero-order valence-electron chi connectivity index (χ0n) is 11.7. The highest BCUT2D eigenvalue weighted by molar-refractivity contribution is 5.13. The molecule has 1 aromatic heterocycles. The second-order valence-corrected chi connectivity index (χ2v) is 6.06. The summed E-state index contributed by atoms with van der Waals surface area (Å²) in [5.41, 5.74) is 6.90. The summed E-state index contributed by atoms with van der Waals surface area (Å²) in [5, 5.41) is 0. The molecule has 0 amide bonds. The van der Waals surface area contributed by atoms with Gasteiger partial charge in [-0.15, -0.1) is 0 Å². The molecule has 0 saturated heterocycles. The molecule has 18 heavy (non-hydrogen) atoms. The average molecular weight is 247 g/mol. The van der Waals surface area contributed by atoms with Crippen molar-refractivity contribution >= 4 is 0 Å². The first-order valence-corrected chi connectivity index (χ1v) is 7.17. The van der Waals surface area contributed by atoms with E-state index in [0.29, 0.717) is 12.5 Å². The molecule has 100 valence electrons. The van der Waals surface area contributed by atoms with E-state index in [1.54, 1.807) is 0 Å². The van der Waals surface area contributed by atoms with Gasteiger partial charge in [0.15, 0.2) is 0 Å². The molecule has 1 fully saturated rings. The van der Waals surface area contributed by atoms with Crippen LogP contribution < -0.4 is 5.73 Å². The zero-order chi connectivity index (χ0) is 13.0. The largest absolute Gasteiger partial charge is 0.330 e. The lowest BCUT2D eigenvalue weighted by atomic mass is 9.85. The van der Waals surface area contributed by atoms with E-state index >= 15 is 0 Å². The Hall–Kier alpha value is -0.960. The molecule has 1 aliphatic carbocycles. The summed E-state index contributed by atoms with van der Waals surface area (Å²) in [7, 11) is 0. The molecule has 1 saturated carbocycles. The molecule has 0 aliphatic heterocycles. The first-order valence-electron chi connectivity index (χ1n) is 7.17. The van der Waals surface area contributed by atoms with Crippen LogP contribution in [0.1, 0.15) is 69.8 Å². The first-order chi connectivity index (χ1) is 8.63. The predicted octanol–water partition coefficient (Wildman–Crippen LogP) is 3.15. The molecule has 0 aromatic carbocycles. The number of nitrogens with zero attached hydrogens (tertiary/aromatic N) is 2. The lowest BCUT2D eigenvalue weighted by Crippen LogP contribution is -2.25. The van der Waals surface area contributed by atoms with Crippen LogP contribution >= 0.6 is 0 Å². The summed E-state index contributed by atoms with van der Waals surface area (Å²) >= 11 is 0. The van der Waals surface area contributed by atoms with E-state index in [0.717, 1.165) is 12.2 Å². The van der Waals surface area contributed by atoms with Gasteiger partial charge in [-0.1, -0.05) is 33.1 Å². The summed E-state index contributed by atoms with van der Waals surface area (Å²) in [6, 6.07) is 2.10. The van der Waals surface area contributed by atoms with Gasteiger partial charge in [0.2, 0.25) is 0 Å². The molecule has 0 radical (unpaired) electrons. The Morgan fingerprint density at radius 2 is 2.00 bits per heavy atom. The Morgan fingerprint density at radius 3 is 2.67 bits per heavy atom. The molecule has 1 aromatic rings. The van der Waals surface area contributed by atoms with Gasteiger partial charge in [-0.25, -0.2) is 9.97 Å². The molecule has 1 aliphatic rings. The van der Waals surface area contributed by atoms with Crippen LogP contribution in [0.5, 0.6) is 0 Å². The third-order valence-electron chi connectivity index (χ3n) is 4.08. The Morgan fingerprint density at radius 1 is 1.28 bits per heavy atom. The van der Waals surface area contributed by atoms with Crippen molar-refractivity contribution in [2.75, 3.05) is 6.54 Å². The molecule has 2 rings (SSSR count). The fourth-order valence-electron chi connectivity index (χ4n) is 2.80. The first kappa shape index (κ1) is 13.5. The maximum absolute atomic E-state index is 5.68. The monoisotopic (exact) mass is 247 g/mol. The van der Waals surface area contributed by atoms with Gasteiger partial charge < -0.3 is 5.73 Å². The normalized spacial score (nSPS) is 17.9. The van der Waals surface area contributed by atoms with Crippen LogP contribution in [0.15, 0.2) is 12.3 Å². The summed E-state index contributed by atoms with van der Waals surface area (Å²) in [6.07, 6.45) is 9.49.